The second-order valence-electron chi connectivity index (χ2n) is 17.0. The summed E-state index contributed by atoms with van der Waals surface area (Å²) in [6.45, 7) is 12.4. The Labute approximate surface area is 349 Å². The standard InChI is InChI=1S/C46H52N6O6S/c1-4-28-24-32-34(46(2,3)43-41(42(32)55)31-8-5-6-10-35(31)47-43)25-37(28)50-16-14-29(15-17-50)49-18-20-51(21-19-49)40(54)27-58-22-23-59-38-11-7-9-30-33(38)26-52(45(30)57)36-12-13-39(53)48-44(36)56/h5-11,24-25,29,36,47H,4,12-23,26-27H2,1-3H3,(H,48,53,56). The molecule has 4 aromatic rings. The molecule has 1 unspecified atom stereocenters. The number of aryl methyl sites for hydroxylation is 1. The molecule has 4 amide bonds. The molecule has 12 nitrogen and oxygen atoms in total. The molecule has 5 aliphatic rings. The van der Waals surface area contributed by atoms with E-state index in [2.05, 4.69) is 59.1 Å². The summed E-state index contributed by atoms with van der Waals surface area (Å²) < 4.78 is 5.84. The molecular weight excluding hydrogens is 765 g/mol. The number of hydrogen-bond donors (Lipinski definition) is 2. The monoisotopic (exact) mass is 816 g/mol. The van der Waals surface area contributed by atoms with Crippen LogP contribution in [0.1, 0.15) is 95.1 Å². The maximum Gasteiger partial charge on any atom is 0.255 e. The summed E-state index contributed by atoms with van der Waals surface area (Å²) in [5, 5.41) is 3.35. The largest absolute Gasteiger partial charge is 0.371 e. The highest BCUT2D eigenvalue weighted by Gasteiger charge is 2.42. The number of fused-ring (bicyclic) bond motifs is 5. The Morgan fingerprint density at radius 3 is 2.46 bits per heavy atom. The number of rotatable bonds is 10. The first-order valence-electron chi connectivity index (χ1n) is 21.1. The molecule has 3 aromatic carbocycles. The average Bonchev–Trinajstić information content (AvgIpc) is 3.81. The van der Waals surface area contributed by atoms with Crippen LogP contribution in [0.4, 0.5) is 5.69 Å². The van der Waals surface area contributed by atoms with E-state index < -0.39 is 11.9 Å². The van der Waals surface area contributed by atoms with Gasteiger partial charge in [-0.25, -0.2) is 0 Å². The number of anilines is 1. The maximum absolute atomic E-state index is 14.0. The molecule has 59 heavy (non-hydrogen) atoms. The van der Waals surface area contributed by atoms with E-state index in [9.17, 15) is 24.0 Å². The smallest absolute Gasteiger partial charge is 0.255 e. The molecule has 0 bridgehead atoms. The third-order valence-corrected chi connectivity index (χ3v) is 14.4. The van der Waals surface area contributed by atoms with Gasteiger partial charge >= 0.3 is 0 Å². The predicted molar refractivity (Wildman–Crippen MR) is 227 cm³/mol. The van der Waals surface area contributed by atoms with E-state index in [4.69, 9.17) is 4.74 Å². The molecule has 9 rings (SSSR count). The summed E-state index contributed by atoms with van der Waals surface area (Å²) in [4.78, 5) is 77.5. The number of carbonyl (C=O) groups is 5. The number of carbonyl (C=O) groups excluding carboxylic acids is 5. The number of H-pyrrole nitrogens is 1. The zero-order chi connectivity index (χ0) is 41.0. The van der Waals surface area contributed by atoms with Crippen LogP contribution in [-0.4, -0.2) is 119 Å². The number of nitrogens with one attached hydrogen (secondary N) is 2. The van der Waals surface area contributed by atoms with Gasteiger partial charge in [0, 0.05) is 108 Å². The number of aromatic amines is 1. The van der Waals surface area contributed by atoms with Crippen molar-refractivity contribution in [3.05, 3.63) is 93.7 Å². The first kappa shape index (κ1) is 39.5. The first-order chi connectivity index (χ1) is 28.5. The van der Waals surface area contributed by atoms with Crippen LogP contribution in [0.15, 0.2) is 59.5 Å². The lowest BCUT2D eigenvalue weighted by atomic mass is 9.70. The number of thioether (sulfide) groups is 1. The Bertz CT molecular complexity index is 2360. The number of piperazine rings is 1. The molecule has 4 aliphatic heterocycles. The van der Waals surface area contributed by atoms with Crippen LogP contribution < -0.4 is 10.2 Å². The lowest BCUT2D eigenvalue weighted by molar-refractivity contribution is -0.138. The molecule has 1 aromatic heterocycles. The van der Waals surface area contributed by atoms with Crippen LogP contribution >= 0.6 is 11.8 Å². The van der Waals surface area contributed by atoms with Crippen molar-refractivity contribution in [2.24, 2.45) is 0 Å². The Balaban J connectivity index is 0.739. The quantitative estimate of drug-likeness (QED) is 0.125. The topological polar surface area (TPSA) is 135 Å². The van der Waals surface area contributed by atoms with Gasteiger partial charge in [0.1, 0.15) is 12.6 Å². The van der Waals surface area contributed by atoms with Gasteiger partial charge in [-0.15, -0.1) is 11.8 Å². The Morgan fingerprint density at radius 1 is 0.915 bits per heavy atom. The van der Waals surface area contributed by atoms with Crippen molar-refractivity contribution >= 4 is 57.8 Å². The molecule has 13 heteroatoms. The summed E-state index contributed by atoms with van der Waals surface area (Å²) in [7, 11) is 0. The van der Waals surface area contributed by atoms with E-state index in [-0.39, 0.29) is 41.9 Å². The first-order valence-corrected chi connectivity index (χ1v) is 22.1. The van der Waals surface area contributed by atoms with Gasteiger partial charge in [-0.1, -0.05) is 45.0 Å². The molecule has 1 aliphatic carbocycles. The van der Waals surface area contributed by atoms with Crippen LogP contribution in [0, 0.1) is 0 Å². The number of ether oxygens (including phenoxy) is 1. The molecule has 1 atom stereocenters. The van der Waals surface area contributed by atoms with E-state index in [1.807, 2.05) is 35.2 Å². The Kier molecular flexibility index (Phi) is 10.6. The normalized spacial score (nSPS) is 20.9. The van der Waals surface area contributed by atoms with E-state index in [0.29, 0.717) is 50.0 Å². The highest BCUT2D eigenvalue weighted by Crippen LogP contribution is 2.46. The van der Waals surface area contributed by atoms with Gasteiger partial charge < -0.3 is 24.4 Å². The van der Waals surface area contributed by atoms with Crippen molar-refractivity contribution in [2.75, 3.05) is 63.1 Å². The molecule has 0 radical (unpaired) electrons. The van der Waals surface area contributed by atoms with Crippen molar-refractivity contribution in [1.29, 1.82) is 0 Å². The average molecular weight is 817 g/mol. The van der Waals surface area contributed by atoms with Crippen LogP contribution in [-0.2, 0) is 37.5 Å². The van der Waals surface area contributed by atoms with Crippen molar-refractivity contribution in [1.82, 2.24) is 25.0 Å². The van der Waals surface area contributed by atoms with E-state index in [0.717, 1.165) is 89.2 Å². The van der Waals surface area contributed by atoms with Crippen LogP contribution in [0.2, 0.25) is 0 Å². The summed E-state index contributed by atoms with van der Waals surface area (Å²) >= 11 is 1.58. The third kappa shape index (κ3) is 7.14. The van der Waals surface area contributed by atoms with Crippen molar-refractivity contribution < 1.29 is 28.7 Å². The van der Waals surface area contributed by atoms with Crippen molar-refractivity contribution in [3.8, 4) is 0 Å². The van der Waals surface area contributed by atoms with Crippen LogP contribution in [0.25, 0.3) is 10.9 Å². The van der Waals surface area contributed by atoms with Gasteiger partial charge in [-0.05, 0) is 72.7 Å². The fourth-order valence-electron chi connectivity index (χ4n) is 9.99. The molecule has 0 saturated carbocycles. The fraction of sp³-hybridized carbons (Fsp3) is 0.457. The second-order valence-corrected chi connectivity index (χ2v) is 18.1. The highest BCUT2D eigenvalue weighted by molar-refractivity contribution is 7.99. The van der Waals surface area contributed by atoms with E-state index >= 15 is 0 Å². The predicted octanol–water partition coefficient (Wildman–Crippen LogP) is 5.28. The number of piperidine rings is 2. The van der Waals surface area contributed by atoms with Crippen LogP contribution in [0.3, 0.4) is 0 Å². The Morgan fingerprint density at radius 2 is 1.69 bits per heavy atom. The lowest BCUT2D eigenvalue weighted by Crippen LogP contribution is -2.55. The Hall–Kier alpha value is -4.98. The van der Waals surface area contributed by atoms with Gasteiger partial charge in [0.15, 0.2) is 5.78 Å². The molecular formula is C46H52N6O6S. The van der Waals surface area contributed by atoms with Gasteiger partial charge in [0.05, 0.1) is 12.2 Å². The minimum atomic E-state index is -0.644. The molecule has 308 valence electrons. The minimum absolute atomic E-state index is 0.0102. The second kappa shape index (κ2) is 15.9. The number of amides is 4. The number of benzene rings is 3. The third-order valence-electron chi connectivity index (χ3n) is 13.3. The van der Waals surface area contributed by atoms with Crippen LogP contribution in [0.5, 0.6) is 0 Å². The SMILES string of the molecule is CCc1cc2c(cc1N1CCC(N3CCN(C(=O)COCCSc4cccc5c4CN(C4CCC(=O)NC4=O)C5=O)CC3)CC1)C(C)(C)c1[nH]c3ccccc3c1C2=O. The van der Waals surface area contributed by atoms with Crippen molar-refractivity contribution in [3.63, 3.8) is 0 Å². The number of ketones is 1. The van der Waals surface area contributed by atoms with Gasteiger partial charge in [-0.3, -0.25) is 34.2 Å². The summed E-state index contributed by atoms with van der Waals surface area (Å²) in [6.07, 6.45) is 3.52. The van der Waals surface area contributed by atoms with E-state index in [1.54, 1.807) is 22.7 Å². The van der Waals surface area contributed by atoms with Gasteiger partial charge in [-0.2, -0.15) is 0 Å². The van der Waals surface area contributed by atoms with E-state index in [1.165, 1.54) is 11.3 Å². The molecule has 0 spiro atoms. The lowest BCUT2D eigenvalue weighted by Gasteiger charge is -2.44. The minimum Gasteiger partial charge on any atom is -0.371 e. The molecule has 2 N–H and O–H groups in total. The zero-order valence-corrected chi connectivity index (χ0v) is 34.9. The maximum atomic E-state index is 14.0. The summed E-state index contributed by atoms with van der Waals surface area (Å²) in [5.41, 5.74) is 8.36. The molecule has 5 heterocycles. The van der Waals surface area contributed by atoms with Crippen molar-refractivity contribution in [2.45, 2.75) is 81.8 Å². The highest BCUT2D eigenvalue weighted by atomic mass is 32.2. The molecule has 3 fully saturated rings. The van der Waals surface area contributed by atoms with Gasteiger partial charge in [0.25, 0.3) is 5.91 Å². The number of aromatic nitrogens is 1. The number of hydrogen-bond acceptors (Lipinski definition) is 9. The summed E-state index contributed by atoms with van der Waals surface area (Å²) in [6, 6.07) is 18.0. The van der Waals surface area contributed by atoms with Gasteiger partial charge in [0.2, 0.25) is 17.7 Å². The zero-order valence-electron chi connectivity index (χ0n) is 34.1. The number of nitrogens with zero attached hydrogens (tertiary/aromatic N) is 4. The number of imide groups is 1. The molecule has 3 saturated heterocycles. The number of para-hydroxylation sites is 1. The summed E-state index contributed by atoms with van der Waals surface area (Å²) in [5.74, 6) is -0.160. The fourth-order valence-corrected chi connectivity index (χ4v) is 10.9.